The zero-order valence-electron chi connectivity index (χ0n) is 82.4. The number of anilines is 16. The van der Waals surface area contributed by atoms with E-state index in [0.29, 0.717) is 132 Å². The highest BCUT2D eigenvalue weighted by Gasteiger charge is 2.46. The van der Waals surface area contributed by atoms with Crippen LogP contribution in [0.5, 0.6) is 0 Å². The predicted molar refractivity (Wildman–Crippen MR) is 552 cm³/mol. The average molecular weight is 1960 g/mol. The van der Waals surface area contributed by atoms with Crippen molar-refractivity contribution in [3.63, 3.8) is 0 Å². The van der Waals surface area contributed by atoms with Gasteiger partial charge in [-0.1, -0.05) is 0 Å². The maximum atomic E-state index is 12.5. The van der Waals surface area contributed by atoms with Gasteiger partial charge in [-0.15, -0.1) is 0 Å². The van der Waals surface area contributed by atoms with Crippen LogP contribution < -0.4 is 76.1 Å². The van der Waals surface area contributed by atoms with Gasteiger partial charge in [0.1, 0.15) is 72.7 Å². The van der Waals surface area contributed by atoms with Gasteiger partial charge in [0.25, 0.3) is 0 Å². The summed E-state index contributed by atoms with van der Waals surface area (Å²) in [5, 5.41) is 54.9. The lowest BCUT2D eigenvalue weighted by Crippen LogP contribution is -2.29. The molecule has 0 fully saturated rings. The van der Waals surface area contributed by atoms with Gasteiger partial charge in [0, 0.05) is 206 Å². The van der Waals surface area contributed by atoms with E-state index in [1.807, 2.05) is 156 Å². The number of hydrogen-bond donors (Lipinski definition) is 14. The van der Waals surface area contributed by atoms with Gasteiger partial charge in [-0.25, -0.2) is 39.9 Å². The quantitative estimate of drug-likeness (QED) is 0.0540. The Balaban J connectivity index is 0.000000114. The molecule has 44 nitrogen and oxygen atoms in total. The number of nitrogens with two attached hydrogens (primary N) is 4. The van der Waals surface area contributed by atoms with Gasteiger partial charge in [0.15, 0.2) is 23.3 Å². The highest BCUT2D eigenvalue weighted by molar-refractivity contribution is 6.11. The van der Waals surface area contributed by atoms with Crippen molar-refractivity contribution in [1.82, 2.24) is 119 Å². The Kier molecular flexibility index (Phi) is 22.9. The fraction of sp³-hybridized carbons (Fsp3) is 0.294. The summed E-state index contributed by atoms with van der Waals surface area (Å²) in [5.74, 6) is 5.94. The number of nitrogens with zero attached hydrogens (tertiary/aromatic N) is 22. The molecule has 0 spiro atoms. The van der Waals surface area contributed by atoms with E-state index in [0.717, 1.165) is 169 Å². The van der Waals surface area contributed by atoms with Crippen molar-refractivity contribution in [3.8, 4) is 45.0 Å². The van der Waals surface area contributed by atoms with E-state index in [4.69, 9.17) is 22.9 Å². The molecule has 0 saturated carbocycles. The summed E-state index contributed by atoms with van der Waals surface area (Å²) in [7, 11) is 3.61. The highest BCUT2D eigenvalue weighted by Crippen LogP contribution is 2.48. The summed E-state index contributed by atoms with van der Waals surface area (Å²) >= 11 is 0. The maximum absolute atomic E-state index is 12.5. The summed E-state index contributed by atoms with van der Waals surface area (Å²) in [6.45, 7) is 26.0. The zero-order chi connectivity index (χ0) is 102. The van der Waals surface area contributed by atoms with Crippen LogP contribution in [0.3, 0.4) is 0 Å². The molecule has 24 rings (SSSR count). The third-order valence-corrected chi connectivity index (χ3v) is 28.3. The Labute approximate surface area is 833 Å². The molecule has 0 radical (unpaired) electrons. The van der Waals surface area contributed by atoms with Crippen LogP contribution in [-0.2, 0) is 112 Å². The molecule has 146 heavy (non-hydrogen) atoms. The number of fused-ring (bicyclic) bond motifs is 12. The molecule has 24 heterocycles. The van der Waals surface area contributed by atoms with Crippen LogP contribution in [0.4, 0.5) is 92.6 Å². The van der Waals surface area contributed by atoms with Crippen molar-refractivity contribution in [1.29, 1.82) is 0 Å². The van der Waals surface area contributed by atoms with Gasteiger partial charge in [-0.05, 0) is 175 Å². The molecule has 0 saturated heterocycles. The molecule has 0 aromatic carbocycles. The van der Waals surface area contributed by atoms with E-state index < -0.39 is 21.7 Å². The van der Waals surface area contributed by atoms with Crippen molar-refractivity contribution in [2.24, 2.45) is 0 Å². The Morgan fingerprint density at radius 3 is 0.795 bits per heavy atom. The van der Waals surface area contributed by atoms with Gasteiger partial charge in [-0.2, -0.15) is 20.4 Å². The SMILES string of the molecule is Cc1c(-c2cc3cc(Nc4cc5n(n4)CC(=O)N(C)CC5)ncc3c(N)n2)cnc2c1NC(=O)C2(C)C.Cc1c(-c2cc3cc(Nc4cc5n(n4)CC(=O)N(C)CC5)ncc3c(N)n2)cnc2c1NC(=O)C2(C)C.Cc1c(-c2cc3cc(Nc4cc5n(n4)CC(=O)NCC5)ncc3c(N)n2)cnc2c1NC(=O)C2(C)C.Cc1c(-c2cc3cc(Nc4cc5n(n4)CC(=O)NCC5)ncc3c(N)n2)cnc2c1NC(=O)C2(C)C. The molecule has 16 aromatic rings. The van der Waals surface area contributed by atoms with Gasteiger partial charge in [-0.3, -0.25) is 77.0 Å². The summed E-state index contributed by atoms with van der Waals surface area (Å²) in [6.07, 6.45) is 16.6. The summed E-state index contributed by atoms with van der Waals surface area (Å²) in [4.78, 5) is 156. The summed E-state index contributed by atoms with van der Waals surface area (Å²) in [5.41, 5.74) is 41.6. The van der Waals surface area contributed by atoms with E-state index in [-0.39, 0.29) is 73.4 Å². The first-order chi connectivity index (χ1) is 69.6. The van der Waals surface area contributed by atoms with Crippen LogP contribution in [0.15, 0.2) is 122 Å². The second-order valence-corrected chi connectivity index (χ2v) is 39.7. The van der Waals surface area contributed by atoms with Gasteiger partial charge >= 0.3 is 0 Å². The number of carbonyl (C=O) groups excluding carboxylic acids is 8. The standard InChI is InChI=1S/2C26H27N9O2.2C25H25N9O2/c2*1-13-16(10-29-23-22(13)32-25(37)26(23,2)3)18-7-14-8-19(28-11-17(14)24(27)30-18)31-20-9-15-5-6-34(4)21(36)12-35(15)33-20;2*1-12-15(9-29-22-21(12)32-24(36)25(22,2)3)17-6-13-7-18(28-10-16(13)23(26)30-17)31-19-8-14-4-5-27-20(35)11-34(14)33-19/h2*7-11H,5-6,12H2,1-4H3,(H2,27,30)(H,32,37)(H,28,31,33);2*6-10H,4-5,11H2,1-3H3,(H2,26,30)(H,27,35)(H,32,36)(H,28,31,33). The molecule has 740 valence electrons. The van der Waals surface area contributed by atoms with E-state index in [1.54, 1.807) is 92.2 Å². The van der Waals surface area contributed by atoms with E-state index in [9.17, 15) is 38.4 Å². The highest BCUT2D eigenvalue weighted by atomic mass is 16.2. The first-order valence-electron chi connectivity index (χ1n) is 47.5. The third kappa shape index (κ3) is 17.0. The third-order valence-electron chi connectivity index (χ3n) is 28.3. The van der Waals surface area contributed by atoms with Crippen molar-refractivity contribution in [3.05, 3.63) is 190 Å². The second-order valence-electron chi connectivity index (χ2n) is 39.7. The molecule has 0 bridgehead atoms. The van der Waals surface area contributed by atoms with Crippen LogP contribution in [0.25, 0.3) is 88.1 Å². The fourth-order valence-corrected chi connectivity index (χ4v) is 19.3. The van der Waals surface area contributed by atoms with Crippen molar-refractivity contribution >= 4 is 183 Å². The number of nitrogens with one attached hydrogen (secondary N) is 10. The number of nitrogen functional groups attached to an aromatic ring is 4. The summed E-state index contributed by atoms with van der Waals surface area (Å²) < 4.78 is 6.88. The first-order valence-corrected chi connectivity index (χ1v) is 47.5. The molecular weight excluding hydrogens is 1860 g/mol. The number of likely N-dealkylation sites (N-methyl/N-ethyl adjacent to an activating group) is 2. The number of pyridine rings is 12. The molecule has 0 atom stereocenters. The minimum Gasteiger partial charge on any atom is -0.383 e. The van der Waals surface area contributed by atoms with Crippen LogP contribution >= 0.6 is 0 Å². The van der Waals surface area contributed by atoms with Gasteiger partial charge in [0.05, 0.1) is 90.0 Å². The molecule has 44 heteroatoms. The Morgan fingerprint density at radius 2 is 0.541 bits per heavy atom. The minimum atomic E-state index is -0.685. The molecule has 18 N–H and O–H groups in total. The minimum absolute atomic E-state index is 0.0344. The Morgan fingerprint density at radius 1 is 0.301 bits per heavy atom. The number of carbonyl (C=O) groups is 8. The Bertz CT molecular complexity index is 7860. The van der Waals surface area contributed by atoms with E-state index >= 15 is 0 Å². The molecule has 8 aliphatic heterocycles. The van der Waals surface area contributed by atoms with E-state index in [2.05, 4.69) is 133 Å². The monoisotopic (exact) mass is 1960 g/mol. The molecule has 8 amide bonds. The fourth-order valence-electron chi connectivity index (χ4n) is 19.3. The number of aromatic nitrogens is 20. The molecule has 8 aliphatic rings. The van der Waals surface area contributed by atoms with E-state index in [1.165, 1.54) is 0 Å². The molecular formula is C102H104N36O8. The smallest absolute Gasteiger partial charge is 0.244 e. The van der Waals surface area contributed by atoms with Crippen molar-refractivity contribution in [2.75, 3.05) is 106 Å². The topological polar surface area (TPSA) is 593 Å². The average Bonchev–Trinajstić information content (AvgIpc) is 1.60. The maximum Gasteiger partial charge on any atom is 0.244 e. The lowest BCUT2D eigenvalue weighted by atomic mass is 9.89. The Hall–Kier alpha value is -18.2. The molecule has 0 unspecified atom stereocenters. The second kappa shape index (κ2) is 35.5. The first kappa shape index (κ1) is 94.1. The van der Waals surface area contributed by atoms with Crippen LogP contribution in [-0.4, -0.2) is 196 Å². The number of rotatable bonds is 12. The lowest BCUT2D eigenvalue weighted by Gasteiger charge is -2.15. The molecule has 0 aliphatic carbocycles. The van der Waals surface area contributed by atoms with Gasteiger partial charge < -0.3 is 85.9 Å². The molecule has 16 aromatic heterocycles. The van der Waals surface area contributed by atoms with Crippen molar-refractivity contribution in [2.45, 2.75) is 157 Å². The van der Waals surface area contributed by atoms with Gasteiger partial charge in [0.2, 0.25) is 47.3 Å². The number of hydrogen-bond acceptors (Lipinski definition) is 32. The predicted octanol–water partition coefficient (Wildman–Crippen LogP) is 10.4. The van der Waals surface area contributed by atoms with Crippen LogP contribution in [0.2, 0.25) is 0 Å². The zero-order valence-corrected chi connectivity index (χ0v) is 82.4. The van der Waals surface area contributed by atoms with Crippen molar-refractivity contribution < 1.29 is 38.4 Å². The van der Waals surface area contributed by atoms with Crippen LogP contribution in [0.1, 0.15) is 123 Å². The van der Waals surface area contributed by atoms with Crippen LogP contribution in [0, 0.1) is 27.7 Å². The summed E-state index contributed by atoms with van der Waals surface area (Å²) in [6, 6.07) is 23.0. The lowest BCUT2D eigenvalue weighted by molar-refractivity contribution is -0.131. The number of amides is 8. The largest absolute Gasteiger partial charge is 0.383 e. The normalized spacial score (nSPS) is 16.3.